The monoisotopic (exact) mass is 513 g/mol. The molecule has 1 aliphatic carbocycles. The van der Waals surface area contributed by atoms with Crippen molar-refractivity contribution in [3.63, 3.8) is 0 Å². The number of fused-ring (bicyclic) bond motifs is 3. The van der Waals surface area contributed by atoms with Gasteiger partial charge in [-0.15, -0.1) is 0 Å². The molecule has 36 heavy (non-hydrogen) atoms. The maximum atomic E-state index is 12.6. The van der Waals surface area contributed by atoms with Gasteiger partial charge in [-0.1, -0.05) is 24.9 Å². The second-order valence-corrected chi connectivity index (χ2v) is 10.6. The fourth-order valence-corrected chi connectivity index (χ4v) is 6.10. The van der Waals surface area contributed by atoms with Gasteiger partial charge in [0.15, 0.2) is 0 Å². The van der Waals surface area contributed by atoms with Crippen molar-refractivity contribution in [2.45, 2.75) is 76.9 Å². The molecule has 1 N–H and O–H groups in total. The van der Waals surface area contributed by atoms with Crippen LogP contribution >= 0.6 is 11.6 Å². The maximum absolute atomic E-state index is 12.6. The number of anilines is 1. The molecule has 0 unspecified atom stereocenters. The fourth-order valence-electron chi connectivity index (χ4n) is 5.95. The minimum atomic E-state index is -0.731. The number of methoxy groups -OCH3 is 1. The van der Waals surface area contributed by atoms with Crippen LogP contribution in [0.2, 0.25) is 5.02 Å². The summed E-state index contributed by atoms with van der Waals surface area (Å²) in [5.74, 6) is -0.176. The van der Waals surface area contributed by atoms with Gasteiger partial charge in [0.25, 0.3) is 0 Å². The van der Waals surface area contributed by atoms with Crippen LogP contribution in [-0.2, 0) is 22.5 Å². The number of carboxylic acid groups (broad SMARTS) is 1. The van der Waals surface area contributed by atoms with Crippen molar-refractivity contribution in [1.29, 1.82) is 0 Å². The van der Waals surface area contributed by atoms with Crippen LogP contribution in [0.3, 0.4) is 0 Å². The molecule has 0 saturated heterocycles. The Hall–Kier alpha value is -3.07. The van der Waals surface area contributed by atoms with Gasteiger partial charge in [-0.05, 0) is 51.2 Å². The minimum Gasteiger partial charge on any atom is -0.481 e. The van der Waals surface area contributed by atoms with E-state index in [1.165, 1.54) is 7.11 Å². The van der Waals surface area contributed by atoms with E-state index in [0.29, 0.717) is 24.4 Å². The number of nitrogens with zero attached hydrogens (tertiary/aromatic N) is 5. The fraction of sp³-hybridized carbons (Fsp3) is 0.538. The molecule has 9 nitrogen and oxygen atoms in total. The Morgan fingerprint density at radius 1 is 1.28 bits per heavy atom. The van der Waals surface area contributed by atoms with Crippen LogP contribution in [0.5, 0.6) is 0 Å². The lowest BCUT2D eigenvalue weighted by atomic mass is 9.85. The summed E-state index contributed by atoms with van der Waals surface area (Å²) in [6.07, 6.45) is 7.72. The number of hydrogen-bond acceptors (Lipinski definition) is 5. The predicted octanol–water partition coefficient (Wildman–Crippen LogP) is 5.41. The van der Waals surface area contributed by atoms with Crippen molar-refractivity contribution in [3.8, 4) is 0 Å². The van der Waals surface area contributed by atoms with Crippen molar-refractivity contribution in [2.24, 2.45) is 5.92 Å². The summed E-state index contributed by atoms with van der Waals surface area (Å²) in [5.41, 5.74) is 3.74. The van der Waals surface area contributed by atoms with Crippen LogP contribution < -0.4 is 4.90 Å². The zero-order chi connectivity index (χ0) is 25.6. The number of aryl methyl sites for hydroxylation is 1. The van der Waals surface area contributed by atoms with Crippen molar-refractivity contribution < 1.29 is 19.4 Å². The third-order valence-electron chi connectivity index (χ3n) is 7.72. The molecule has 1 aliphatic heterocycles. The first-order chi connectivity index (χ1) is 17.3. The number of carbonyl (C=O) groups is 2. The lowest BCUT2D eigenvalue weighted by Gasteiger charge is -2.34. The van der Waals surface area contributed by atoms with Crippen LogP contribution in [0.1, 0.15) is 69.3 Å². The SMILES string of the molecule is COC(=O)N1c2ccc3c(nc([C@@H](C)Cn4cc(Cl)cn4)n3[C@@H]3CCC[C@@H](C(=O)O)C3)c2CC[C@@H]1C. The van der Waals surface area contributed by atoms with Gasteiger partial charge in [0.1, 0.15) is 5.82 Å². The van der Waals surface area contributed by atoms with Crippen molar-refractivity contribution in [2.75, 3.05) is 12.0 Å². The average molecular weight is 514 g/mol. The molecule has 10 heteroatoms. The minimum absolute atomic E-state index is 0.00782. The number of halogens is 1. The van der Waals surface area contributed by atoms with Crippen molar-refractivity contribution in [3.05, 3.63) is 40.9 Å². The number of carbonyl (C=O) groups excluding carboxylic acids is 1. The zero-order valence-electron chi connectivity index (χ0n) is 20.9. The molecular weight excluding hydrogens is 482 g/mol. The van der Waals surface area contributed by atoms with E-state index in [4.69, 9.17) is 21.3 Å². The molecule has 192 valence electrons. The third-order valence-corrected chi connectivity index (χ3v) is 7.91. The summed E-state index contributed by atoms with van der Waals surface area (Å²) in [5, 5.41) is 14.7. The number of amides is 1. The first kappa shape index (κ1) is 24.6. The molecule has 0 bridgehead atoms. The number of aromatic nitrogens is 4. The molecule has 1 fully saturated rings. The molecule has 3 heterocycles. The molecule has 1 amide bonds. The Labute approximate surface area is 215 Å². The summed E-state index contributed by atoms with van der Waals surface area (Å²) >= 11 is 6.09. The number of ether oxygens (including phenoxy) is 1. The predicted molar refractivity (Wildman–Crippen MR) is 137 cm³/mol. The van der Waals surface area contributed by atoms with E-state index in [9.17, 15) is 14.7 Å². The van der Waals surface area contributed by atoms with E-state index >= 15 is 0 Å². The van der Waals surface area contributed by atoms with E-state index in [-0.39, 0.29) is 30.0 Å². The number of carboxylic acids is 1. The molecule has 1 saturated carbocycles. The Morgan fingerprint density at radius 3 is 2.78 bits per heavy atom. The topological polar surface area (TPSA) is 102 Å². The molecule has 2 aliphatic rings. The van der Waals surface area contributed by atoms with Crippen LogP contribution in [0, 0.1) is 5.92 Å². The van der Waals surface area contributed by atoms with Crippen LogP contribution in [0.4, 0.5) is 10.5 Å². The second-order valence-electron chi connectivity index (χ2n) is 10.1. The number of benzene rings is 1. The average Bonchev–Trinajstić information content (AvgIpc) is 3.46. The summed E-state index contributed by atoms with van der Waals surface area (Å²) < 4.78 is 9.16. The molecule has 0 spiro atoms. The molecule has 4 atom stereocenters. The Morgan fingerprint density at radius 2 is 2.08 bits per heavy atom. The van der Waals surface area contributed by atoms with Gasteiger partial charge >= 0.3 is 12.1 Å². The Kier molecular flexibility index (Phi) is 6.68. The Balaban J connectivity index is 1.64. The highest BCUT2D eigenvalue weighted by molar-refractivity contribution is 6.30. The highest BCUT2D eigenvalue weighted by atomic mass is 35.5. The van der Waals surface area contributed by atoms with Crippen LogP contribution in [0.15, 0.2) is 24.5 Å². The first-order valence-electron chi connectivity index (χ1n) is 12.6. The summed E-state index contributed by atoms with van der Waals surface area (Å²) in [7, 11) is 1.40. The third kappa shape index (κ3) is 4.34. The van der Waals surface area contributed by atoms with Gasteiger partial charge in [-0.3, -0.25) is 14.4 Å². The largest absolute Gasteiger partial charge is 0.481 e. The van der Waals surface area contributed by atoms with E-state index in [1.54, 1.807) is 17.3 Å². The zero-order valence-corrected chi connectivity index (χ0v) is 21.6. The standard InChI is InChI=1S/C26H32ClN5O4/c1-15(13-30-14-18(27)12-28-30)24-29-23-20-8-7-16(2)31(26(35)36-3)21(20)9-10-22(23)32(24)19-6-4-5-17(11-19)25(33)34/h9-10,12,14-17,19H,4-8,11,13H2,1-3H3,(H,33,34)/t15-,16-,17+,19+/m0/s1. The molecule has 2 aromatic heterocycles. The van der Waals surface area contributed by atoms with Crippen molar-refractivity contribution in [1.82, 2.24) is 19.3 Å². The van der Waals surface area contributed by atoms with Gasteiger partial charge in [-0.25, -0.2) is 9.78 Å². The molecule has 5 rings (SSSR count). The van der Waals surface area contributed by atoms with Gasteiger partial charge in [0.2, 0.25) is 0 Å². The van der Waals surface area contributed by atoms with Crippen molar-refractivity contribution >= 4 is 40.4 Å². The highest BCUT2D eigenvalue weighted by Gasteiger charge is 2.35. The number of imidazole rings is 1. The smallest absolute Gasteiger partial charge is 0.414 e. The quantitative estimate of drug-likeness (QED) is 0.489. The van der Waals surface area contributed by atoms with Gasteiger partial charge in [0, 0.05) is 29.8 Å². The Bertz CT molecular complexity index is 1300. The number of aliphatic carboxylic acids is 1. The summed E-state index contributed by atoms with van der Waals surface area (Å²) in [4.78, 5) is 31.4. The number of hydrogen-bond donors (Lipinski definition) is 1. The first-order valence-corrected chi connectivity index (χ1v) is 13.0. The summed E-state index contributed by atoms with van der Waals surface area (Å²) in [6.45, 7) is 4.73. The lowest BCUT2D eigenvalue weighted by Crippen LogP contribution is -2.42. The van der Waals surface area contributed by atoms with Gasteiger partial charge in [0.05, 0.1) is 47.5 Å². The van der Waals surface area contributed by atoms with Crippen LogP contribution in [-0.4, -0.2) is 49.7 Å². The van der Waals surface area contributed by atoms with E-state index in [2.05, 4.69) is 16.6 Å². The second kappa shape index (κ2) is 9.76. The molecule has 1 aromatic carbocycles. The van der Waals surface area contributed by atoms with E-state index in [1.807, 2.05) is 23.7 Å². The van der Waals surface area contributed by atoms with Gasteiger partial charge in [-0.2, -0.15) is 5.10 Å². The van der Waals surface area contributed by atoms with E-state index < -0.39 is 5.97 Å². The number of rotatable bonds is 5. The highest BCUT2D eigenvalue weighted by Crippen LogP contribution is 2.41. The van der Waals surface area contributed by atoms with Gasteiger partial charge < -0.3 is 14.4 Å². The maximum Gasteiger partial charge on any atom is 0.414 e. The van der Waals surface area contributed by atoms with Crippen LogP contribution in [0.25, 0.3) is 11.0 Å². The summed E-state index contributed by atoms with van der Waals surface area (Å²) in [6, 6.07) is 4.09. The van der Waals surface area contributed by atoms with E-state index in [0.717, 1.165) is 53.8 Å². The lowest BCUT2D eigenvalue weighted by molar-refractivity contribution is -0.143. The molecular formula is C26H32ClN5O4. The molecule has 0 radical (unpaired) electrons. The molecule has 3 aromatic rings. The normalized spacial score (nSPS) is 22.9.